The van der Waals surface area contributed by atoms with Crippen molar-refractivity contribution in [1.29, 1.82) is 0 Å². The Morgan fingerprint density at radius 1 is 1.34 bits per heavy atom. The quantitative estimate of drug-likeness (QED) is 0.382. The number of rotatable bonds is 8. The molecule has 162 valence electrons. The van der Waals surface area contributed by atoms with Crippen LogP contribution in [0, 0.1) is 5.92 Å². The van der Waals surface area contributed by atoms with Gasteiger partial charge in [-0.1, -0.05) is 50.1 Å². The summed E-state index contributed by atoms with van der Waals surface area (Å²) in [4.78, 5) is 16.2. The van der Waals surface area contributed by atoms with Gasteiger partial charge < -0.3 is 4.52 Å². The Hall–Kier alpha value is -2.20. The second-order valence-corrected chi connectivity index (χ2v) is 9.01. The molecule has 29 heavy (non-hydrogen) atoms. The van der Waals surface area contributed by atoms with E-state index in [1.807, 2.05) is 20.8 Å². The van der Waals surface area contributed by atoms with Crippen LogP contribution in [0.5, 0.6) is 0 Å². The third-order valence-electron chi connectivity index (χ3n) is 5.60. The zero-order valence-corrected chi connectivity index (χ0v) is 17.6. The van der Waals surface area contributed by atoms with Crippen molar-refractivity contribution >= 4 is 11.7 Å². The number of amidine groups is 1. The predicted molar refractivity (Wildman–Crippen MR) is 106 cm³/mol. The van der Waals surface area contributed by atoms with E-state index < -0.39 is 5.91 Å². The first-order valence-corrected chi connectivity index (χ1v) is 10.5. The van der Waals surface area contributed by atoms with Gasteiger partial charge >= 0.3 is 0 Å². The molecule has 1 aliphatic heterocycles. The van der Waals surface area contributed by atoms with E-state index in [0.29, 0.717) is 17.6 Å². The zero-order chi connectivity index (χ0) is 20.9. The first kappa shape index (κ1) is 21.5. The highest BCUT2D eigenvalue weighted by Crippen LogP contribution is 2.31. The van der Waals surface area contributed by atoms with Gasteiger partial charge in [-0.15, -0.1) is 10.2 Å². The van der Waals surface area contributed by atoms with Crippen LogP contribution in [0.2, 0.25) is 0 Å². The Balaban J connectivity index is 1.61. The van der Waals surface area contributed by atoms with Crippen LogP contribution in [-0.2, 0) is 4.79 Å². The lowest BCUT2D eigenvalue weighted by molar-refractivity contribution is -0.129. The summed E-state index contributed by atoms with van der Waals surface area (Å²) in [6.45, 7) is 6.09. The van der Waals surface area contributed by atoms with Gasteiger partial charge in [0.2, 0.25) is 23.5 Å². The van der Waals surface area contributed by atoms with E-state index in [1.54, 1.807) is 10.6 Å². The van der Waals surface area contributed by atoms with Gasteiger partial charge in [0.05, 0.1) is 5.54 Å². The number of aromatic nitrogens is 2. The van der Waals surface area contributed by atoms with Gasteiger partial charge in [-0.2, -0.15) is 4.98 Å². The van der Waals surface area contributed by atoms with E-state index in [9.17, 15) is 4.79 Å². The van der Waals surface area contributed by atoms with E-state index in [-0.39, 0.29) is 17.9 Å². The second kappa shape index (κ2) is 9.53. The smallest absolute Gasteiger partial charge is 0.244 e. The van der Waals surface area contributed by atoms with Gasteiger partial charge in [-0.3, -0.25) is 15.4 Å². The molecule has 1 aromatic heterocycles. The lowest BCUT2D eigenvalue weighted by Crippen LogP contribution is -2.53. The van der Waals surface area contributed by atoms with Crippen LogP contribution < -0.4 is 16.4 Å². The number of hydroxylamine groups is 1. The van der Waals surface area contributed by atoms with Crippen LogP contribution >= 0.6 is 0 Å². The third-order valence-corrected chi connectivity index (χ3v) is 5.60. The van der Waals surface area contributed by atoms with Crippen molar-refractivity contribution in [2.75, 3.05) is 0 Å². The molecule has 0 spiro atoms. The van der Waals surface area contributed by atoms with E-state index in [0.717, 1.165) is 25.2 Å². The molecule has 1 aliphatic carbocycles. The first-order valence-electron chi connectivity index (χ1n) is 10.5. The van der Waals surface area contributed by atoms with Crippen LogP contribution in [0.1, 0.15) is 96.2 Å². The summed E-state index contributed by atoms with van der Waals surface area (Å²) in [5.41, 5.74) is 7.50. The number of nitrogens with zero attached hydrogens (tertiary/aromatic N) is 4. The van der Waals surface area contributed by atoms with Crippen molar-refractivity contribution in [3.8, 4) is 0 Å². The number of nitrogens with one attached hydrogen (secondary N) is 3. The molecule has 1 aromatic rings. The molecule has 0 saturated heterocycles. The lowest BCUT2D eigenvalue weighted by Gasteiger charge is -2.29. The van der Waals surface area contributed by atoms with E-state index in [4.69, 9.17) is 9.73 Å². The molecule has 1 saturated carbocycles. The number of carbonyl (C=O) groups is 1. The summed E-state index contributed by atoms with van der Waals surface area (Å²) in [6, 6.07) is 0. The van der Waals surface area contributed by atoms with Crippen molar-refractivity contribution in [2.45, 2.75) is 90.0 Å². The minimum atomic E-state index is -0.454. The number of hydrogen-bond donors (Lipinski definition) is 4. The summed E-state index contributed by atoms with van der Waals surface area (Å²) >= 11 is 0. The monoisotopic (exact) mass is 407 g/mol. The maximum Gasteiger partial charge on any atom is 0.244 e. The van der Waals surface area contributed by atoms with E-state index in [1.165, 1.54) is 32.1 Å². The first-order chi connectivity index (χ1) is 13.9. The molecular weight excluding hydrogens is 374 g/mol. The van der Waals surface area contributed by atoms with Crippen LogP contribution in [0.25, 0.3) is 0 Å². The van der Waals surface area contributed by atoms with Crippen molar-refractivity contribution in [3.63, 3.8) is 0 Å². The van der Waals surface area contributed by atoms with Crippen molar-refractivity contribution in [1.82, 2.24) is 31.7 Å². The van der Waals surface area contributed by atoms with Gasteiger partial charge in [0.15, 0.2) is 0 Å². The molecule has 1 atom stereocenters. The predicted octanol–water partition coefficient (Wildman–Crippen LogP) is 2.58. The van der Waals surface area contributed by atoms with Gasteiger partial charge in [-0.25, -0.2) is 11.0 Å². The average molecular weight is 408 g/mol. The second-order valence-electron chi connectivity index (χ2n) is 9.01. The Labute approximate surface area is 171 Å². The Kier molecular flexibility index (Phi) is 7.07. The molecule has 10 nitrogen and oxygen atoms in total. The summed E-state index contributed by atoms with van der Waals surface area (Å²) < 4.78 is 5.46. The molecule has 0 radical (unpaired) electrons. The maximum atomic E-state index is 11.8. The van der Waals surface area contributed by atoms with Gasteiger partial charge in [0, 0.05) is 12.3 Å². The Bertz CT molecular complexity index is 707. The topological polar surface area (TPSA) is 128 Å². The molecule has 1 fully saturated rings. The highest BCUT2D eigenvalue weighted by atomic mass is 16.5. The normalized spacial score (nSPS) is 19.4. The average Bonchev–Trinajstić information content (AvgIpc) is 3.37. The molecule has 10 heteroatoms. The molecule has 1 amide bonds. The standard InChI is InChI=1S/C19H33N7O3/c1-19(2,3)26-22-17(21-25-26)16-20-18(29-24-16)14(12-15(27)23-28)11-7-10-13-8-5-4-6-9-13/h13-14,25,28H,4-12H2,1-3H3,(H,21,22)(H,23,27)/t14-/m1/s1. The summed E-state index contributed by atoms with van der Waals surface area (Å²) in [7, 11) is 0. The minimum absolute atomic E-state index is 0.106. The Morgan fingerprint density at radius 2 is 2.10 bits per heavy atom. The number of hydrazone groups is 1. The molecular formula is C19H33N7O3. The fourth-order valence-corrected chi connectivity index (χ4v) is 3.88. The number of amides is 1. The lowest BCUT2D eigenvalue weighted by atomic mass is 9.84. The number of carbonyl (C=O) groups excluding carboxylic acids is 1. The molecule has 4 N–H and O–H groups in total. The Morgan fingerprint density at radius 3 is 2.76 bits per heavy atom. The highest BCUT2D eigenvalue weighted by molar-refractivity contribution is 5.95. The summed E-state index contributed by atoms with van der Waals surface area (Å²) in [5.74, 6) is 1.28. The molecule has 0 aromatic carbocycles. The fourth-order valence-electron chi connectivity index (χ4n) is 3.88. The van der Waals surface area contributed by atoms with Crippen molar-refractivity contribution in [2.24, 2.45) is 11.0 Å². The van der Waals surface area contributed by atoms with Crippen LogP contribution in [-0.4, -0.2) is 37.7 Å². The fraction of sp³-hybridized carbons (Fsp3) is 0.789. The summed E-state index contributed by atoms with van der Waals surface area (Å²) in [6.07, 6.45) is 9.60. The van der Waals surface area contributed by atoms with Gasteiger partial charge in [-0.05, 0) is 33.1 Å². The maximum absolute atomic E-state index is 11.8. The van der Waals surface area contributed by atoms with Crippen molar-refractivity contribution < 1.29 is 14.5 Å². The highest BCUT2D eigenvalue weighted by Gasteiger charge is 2.30. The third kappa shape index (κ3) is 5.89. The van der Waals surface area contributed by atoms with E-state index >= 15 is 0 Å². The molecule has 2 heterocycles. The van der Waals surface area contributed by atoms with Crippen LogP contribution in [0.15, 0.2) is 9.62 Å². The zero-order valence-electron chi connectivity index (χ0n) is 17.6. The minimum Gasteiger partial charge on any atom is -0.339 e. The molecule has 0 unspecified atom stereocenters. The number of hydrogen-bond acceptors (Lipinski definition) is 9. The summed E-state index contributed by atoms with van der Waals surface area (Å²) in [5, 5.41) is 18.9. The van der Waals surface area contributed by atoms with Gasteiger partial charge in [0.1, 0.15) is 0 Å². The molecule has 3 rings (SSSR count). The molecule has 0 bridgehead atoms. The van der Waals surface area contributed by atoms with E-state index in [2.05, 4.69) is 26.2 Å². The molecule has 2 aliphatic rings. The van der Waals surface area contributed by atoms with Gasteiger partial charge in [0.25, 0.3) is 0 Å². The SMILES string of the molecule is CC(C)(C)N1NN=C(c2noc([C@H](CCCC3CCCCC3)CC(=O)NO)n2)N1. The largest absolute Gasteiger partial charge is 0.339 e. The van der Waals surface area contributed by atoms with Crippen LogP contribution in [0.4, 0.5) is 0 Å². The van der Waals surface area contributed by atoms with Crippen molar-refractivity contribution in [3.05, 3.63) is 11.7 Å². The number of hydrazine groups is 2. The van der Waals surface area contributed by atoms with Crippen LogP contribution in [0.3, 0.4) is 0 Å².